The summed E-state index contributed by atoms with van der Waals surface area (Å²) in [7, 11) is 0. The highest BCUT2D eigenvalue weighted by atomic mass is 35.5. The highest BCUT2D eigenvalue weighted by Gasteiger charge is 2.29. The van der Waals surface area contributed by atoms with Gasteiger partial charge < -0.3 is 0 Å². The van der Waals surface area contributed by atoms with E-state index in [9.17, 15) is 4.39 Å². The molecule has 0 bridgehead atoms. The summed E-state index contributed by atoms with van der Waals surface area (Å²) in [5, 5.41) is 7.08. The monoisotopic (exact) mass is 269 g/mol. The maximum atomic E-state index is 13.1. The number of benzene rings is 1. The zero-order chi connectivity index (χ0) is 12.0. The lowest BCUT2D eigenvalue weighted by Crippen LogP contribution is -2.00. The van der Waals surface area contributed by atoms with Crippen molar-refractivity contribution in [1.82, 2.24) is 14.8 Å². The Kier molecular flexibility index (Phi) is 2.52. The first-order valence-electron chi connectivity index (χ1n) is 5.29. The van der Waals surface area contributed by atoms with Gasteiger partial charge in [0.05, 0.1) is 10.7 Å². The fraction of sp³-hybridized carbons (Fsp3) is 0.273. The summed E-state index contributed by atoms with van der Waals surface area (Å²) < 4.78 is 15.4. The Balaban J connectivity index is 2.17. The minimum absolute atomic E-state index is 0.0901. The number of aromatic amines is 1. The van der Waals surface area contributed by atoms with Crippen molar-refractivity contribution in [1.29, 1.82) is 0 Å². The van der Waals surface area contributed by atoms with Crippen molar-refractivity contribution < 1.29 is 4.39 Å². The van der Waals surface area contributed by atoms with E-state index in [0.717, 1.165) is 24.4 Å². The van der Waals surface area contributed by atoms with Crippen LogP contribution >= 0.6 is 23.8 Å². The second kappa shape index (κ2) is 3.92. The average molecular weight is 270 g/mol. The average Bonchev–Trinajstić information content (AvgIpc) is 3.07. The molecule has 1 fully saturated rings. The van der Waals surface area contributed by atoms with Gasteiger partial charge in [-0.1, -0.05) is 11.6 Å². The first kappa shape index (κ1) is 10.9. The van der Waals surface area contributed by atoms with Gasteiger partial charge in [-0.2, -0.15) is 5.10 Å². The number of nitrogens with zero attached hydrogens (tertiary/aromatic N) is 2. The molecule has 1 aromatic heterocycles. The fourth-order valence-corrected chi connectivity index (χ4v) is 2.22. The topological polar surface area (TPSA) is 33.6 Å². The minimum atomic E-state index is -0.432. The van der Waals surface area contributed by atoms with Crippen LogP contribution in [0.2, 0.25) is 5.02 Å². The van der Waals surface area contributed by atoms with Crippen LogP contribution in [-0.2, 0) is 0 Å². The zero-order valence-electron chi connectivity index (χ0n) is 8.78. The Hall–Kier alpha value is -1.20. The summed E-state index contributed by atoms with van der Waals surface area (Å²) in [6, 6.07) is 4.55. The Bertz CT molecular complexity index is 630. The van der Waals surface area contributed by atoms with Gasteiger partial charge in [-0.25, -0.2) is 4.39 Å². The molecule has 1 aromatic carbocycles. The second-order valence-electron chi connectivity index (χ2n) is 4.10. The van der Waals surface area contributed by atoms with Gasteiger partial charge in [-0.05, 0) is 43.3 Å². The second-order valence-corrected chi connectivity index (χ2v) is 4.89. The highest BCUT2D eigenvalue weighted by molar-refractivity contribution is 7.71. The molecule has 88 valence electrons. The van der Waals surface area contributed by atoms with Crippen molar-refractivity contribution in [3.05, 3.63) is 39.6 Å². The van der Waals surface area contributed by atoms with Gasteiger partial charge in [0.15, 0.2) is 4.77 Å². The standard InChI is InChI=1S/C11H9ClFN3S/c12-8-5-7(3-4-9(8)13)16-10(6-1-2-6)14-15-11(16)17/h3-6H,1-2H2,(H,15,17). The molecular formula is C11H9ClFN3S. The Morgan fingerprint density at radius 1 is 1.47 bits per heavy atom. The molecule has 2 aromatic rings. The summed E-state index contributed by atoms with van der Waals surface area (Å²) in [6.45, 7) is 0. The van der Waals surface area contributed by atoms with Crippen LogP contribution in [0, 0.1) is 10.6 Å². The molecule has 0 amide bonds. The van der Waals surface area contributed by atoms with Gasteiger partial charge in [-0.15, -0.1) is 0 Å². The molecule has 0 atom stereocenters. The number of hydrogen-bond acceptors (Lipinski definition) is 2. The van der Waals surface area contributed by atoms with Gasteiger partial charge >= 0.3 is 0 Å². The van der Waals surface area contributed by atoms with Crippen LogP contribution in [0.5, 0.6) is 0 Å². The molecule has 3 rings (SSSR count). The zero-order valence-corrected chi connectivity index (χ0v) is 10.4. The Labute approximate surface area is 107 Å². The van der Waals surface area contributed by atoms with Crippen LogP contribution in [0.4, 0.5) is 4.39 Å². The van der Waals surface area contributed by atoms with Gasteiger partial charge in [0, 0.05) is 5.92 Å². The number of aromatic nitrogens is 3. The van der Waals surface area contributed by atoms with E-state index in [1.165, 1.54) is 6.07 Å². The lowest BCUT2D eigenvalue weighted by Gasteiger charge is -2.06. The molecule has 1 aliphatic carbocycles. The molecule has 0 radical (unpaired) electrons. The SMILES string of the molecule is Fc1ccc(-n2c(C3CC3)n[nH]c2=S)cc1Cl. The van der Waals surface area contributed by atoms with Crippen molar-refractivity contribution in [2.45, 2.75) is 18.8 Å². The van der Waals surface area contributed by atoms with E-state index < -0.39 is 5.82 Å². The van der Waals surface area contributed by atoms with Gasteiger partial charge in [0.25, 0.3) is 0 Å². The molecule has 0 aliphatic heterocycles. The van der Waals surface area contributed by atoms with Crippen LogP contribution in [0.25, 0.3) is 5.69 Å². The van der Waals surface area contributed by atoms with E-state index in [0.29, 0.717) is 10.7 Å². The minimum Gasteiger partial charge on any atom is -0.272 e. The molecular weight excluding hydrogens is 261 g/mol. The smallest absolute Gasteiger partial charge is 0.199 e. The van der Waals surface area contributed by atoms with Crippen LogP contribution in [-0.4, -0.2) is 14.8 Å². The maximum absolute atomic E-state index is 13.1. The molecule has 0 spiro atoms. The summed E-state index contributed by atoms with van der Waals surface area (Å²) in [4.78, 5) is 0. The number of halogens is 2. The predicted octanol–water partition coefficient (Wildman–Crippen LogP) is 3.60. The van der Waals surface area contributed by atoms with Crippen molar-refractivity contribution in [2.24, 2.45) is 0 Å². The molecule has 3 nitrogen and oxygen atoms in total. The molecule has 17 heavy (non-hydrogen) atoms. The normalized spacial score (nSPS) is 15.2. The first-order valence-corrected chi connectivity index (χ1v) is 6.08. The molecule has 6 heteroatoms. The Morgan fingerprint density at radius 3 is 2.88 bits per heavy atom. The van der Waals surface area contributed by atoms with Crippen molar-refractivity contribution in [3.63, 3.8) is 0 Å². The lowest BCUT2D eigenvalue weighted by atomic mass is 10.3. The van der Waals surface area contributed by atoms with E-state index in [4.69, 9.17) is 23.8 Å². The third-order valence-electron chi connectivity index (χ3n) is 2.80. The molecule has 1 heterocycles. The number of nitrogens with one attached hydrogen (secondary N) is 1. The van der Waals surface area contributed by atoms with Crippen molar-refractivity contribution in [2.75, 3.05) is 0 Å². The highest BCUT2D eigenvalue weighted by Crippen LogP contribution is 2.39. The number of hydrogen-bond donors (Lipinski definition) is 1. The maximum Gasteiger partial charge on any atom is 0.199 e. The van der Waals surface area contributed by atoms with E-state index in [2.05, 4.69) is 10.2 Å². The molecule has 1 N–H and O–H groups in total. The molecule has 0 saturated heterocycles. The van der Waals surface area contributed by atoms with Crippen LogP contribution in [0.3, 0.4) is 0 Å². The van der Waals surface area contributed by atoms with Crippen LogP contribution < -0.4 is 0 Å². The van der Waals surface area contributed by atoms with E-state index in [1.807, 2.05) is 4.57 Å². The number of rotatable bonds is 2. The third kappa shape index (κ3) is 1.89. The van der Waals surface area contributed by atoms with E-state index >= 15 is 0 Å². The predicted molar refractivity (Wildman–Crippen MR) is 65.7 cm³/mol. The van der Waals surface area contributed by atoms with Crippen molar-refractivity contribution >= 4 is 23.8 Å². The quantitative estimate of drug-likeness (QED) is 0.845. The summed E-state index contributed by atoms with van der Waals surface area (Å²) in [5.41, 5.74) is 0.747. The largest absolute Gasteiger partial charge is 0.272 e. The van der Waals surface area contributed by atoms with Gasteiger partial charge in [-0.3, -0.25) is 9.67 Å². The van der Waals surface area contributed by atoms with Crippen molar-refractivity contribution in [3.8, 4) is 5.69 Å². The van der Waals surface area contributed by atoms with E-state index in [1.54, 1.807) is 12.1 Å². The summed E-state index contributed by atoms with van der Waals surface area (Å²) >= 11 is 11.0. The van der Waals surface area contributed by atoms with Crippen LogP contribution in [0.1, 0.15) is 24.6 Å². The lowest BCUT2D eigenvalue weighted by molar-refractivity contribution is 0.627. The first-order chi connectivity index (χ1) is 8.16. The fourth-order valence-electron chi connectivity index (χ4n) is 1.80. The summed E-state index contributed by atoms with van der Waals surface area (Å²) in [6.07, 6.45) is 2.24. The molecule has 1 saturated carbocycles. The Morgan fingerprint density at radius 2 is 2.24 bits per heavy atom. The molecule has 0 unspecified atom stereocenters. The van der Waals surface area contributed by atoms with E-state index in [-0.39, 0.29) is 5.02 Å². The van der Waals surface area contributed by atoms with Gasteiger partial charge in [0.1, 0.15) is 11.6 Å². The third-order valence-corrected chi connectivity index (χ3v) is 3.37. The number of H-pyrrole nitrogens is 1. The summed E-state index contributed by atoms with van der Waals surface area (Å²) in [5.74, 6) is 0.919. The van der Waals surface area contributed by atoms with Crippen LogP contribution in [0.15, 0.2) is 18.2 Å². The van der Waals surface area contributed by atoms with Gasteiger partial charge in [0.2, 0.25) is 0 Å². The molecule has 1 aliphatic rings.